The first-order valence-electron chi connectivity index (χ1n) is 8.36. The molecule has 2 aromatic rings. The summed E-state index contributed by atoms with van der Waals surface area (Å²) in [5.74, 6) is -2.40. The van der Waals surface area contributed by atoms with E-state index in [2.05, 4.69) is 6.92 Å². The molecular formula is C18H21NO7. The number of rotatable bonds is 9. The lowest BCUT2D eigenvalue weighted by molar-refractivity contribution is -0.135. The molecule has 140 valence electrons. The molecule has 8 nitrogen and oxygen atoms in total. The standard InChI is InChI=1S/C18H21NO7/c1-2-3-4-5-8-25-11-6-7-13-12(9-11)16(22)15(18(24)26-13)17(23)19-10-14(20)21/h6-7,9,22H,2-5,8,10H2,1H3,(H,19,23)(H,20,21). The topological polar surface area (TPSA) is 126 Å². The molecule has 0 bridgehead atoms. The van der Waals surface area contributed by atoms with E-state index in [1.807, 2.05) is 5.32 Å². The molecule has 0 aliphatic heterocycles. The second-order valence-electron chi connectivity index (χ2n) is 5.76. The maximum atomic E-state index is 12.0. The van der Waals surface area contributed by atoms with Crippen LogP contribution in [0.2, 0.25) is 0 Å². The van der Waals surface area contributed by atoms with Gasteiger partial charge in [-0.2, -0.15) is 0 Å². The highest BCUT2D eigenvalue weighted by Gasteiger charge is 2.21. The molecule has 1 amide bonds. The molecule has 2 rings (SSSR count). The number of amides is 1. The van der Waals surface area contributed by atoms with Crippen LogP contribution in [0.3, 0.4) is 0 Å². The van der Waals surface area contributed by atoms with Crippen LogP contribution >= 0.6 is 0 Å². The smallest absolute Gasteiger partial charge is 0.353 e. The summed E-state index contributed by atoms with van der Waals surface area (Å²) < 4.78 is 10.7. The summed E-state index contributed by atoms with van der Waals surface area (Å²) in [6.45, 7) is 1.94. The van der Waals surface area contributed by atoms with Crippen molar-refractivity contribution in [2.75, 3.05) is 13.2 Å². The molecule has 0 spiro atoms. The zero-order valence-electron chi connectivity index (χ0n) is 14.4. The third kappa shape index (κ3) is 4.75. The van der Waals surface area contributed by atoms with E-state index >= 15 is 0 Å². The second kappa shape index (κ2) is 8.89. The molecule has 0 radical (unpaired) electrons. The summed E-state index contributed by atoms with van der Waals surface area (Å²) in [5.41, 5.74) is -1.59. The third-order valence-corrected chi connectivity index (χ3v) is 3.74. The number of aromatic hydroxyl groups is 1. The third-order valence-electron chi connectivity index (χ3n) is 3.74. The second-order valence-corrected chi connectivity index (χ2v) is 5.76. The first kappa shape index (κ1) is 19.3. The SMILES string of the molecule is CCCCCCOc1ccc2oc(=O)c(C(=O)NCC(=O)O)c(O)c2c1. The predicted octanol–water partition coefficient (Wildman–Crippen LogP) is 2.27. The van der Waals surface area contributed by atoms with Gasteiger partial charge in [0.25, 0.3) is 5.91 Å². The fourth-order valence-electron chi connectivity index (χ4n) is 2.42. The molecule has 0 saturated carbocycles. The van der Waals surface area contributed by atoms with E-state index in [-0.39, 0.29) is 11.0 Å². The Morgan fingerprint density at radius 2 is 2.00 bits per heavy atom. The van der Waals surface area contributed by atoms with E-state index in [1.54, 1.807) is 6.07 Å². The number of hydrogen-bond donors (Lipinski definition) is 3. The molecule has 8 heteroatoms. The van der Waals surface area contributed by atoms with Crippen molar-refractivity contribution in [3.8, 4) is 11.5 Å². The van der Waals surface area contributed by atoms with E-state index in [9.17, 15) is 19.5 Å². The Hall–Kier alpha value is -3.03. The Bertz CT molecular complexity index is 856. The minimum atomic E-state index is -1.28. The molecule has 0 aliphatic rings. The average Bonchev–Trinajstić information content (AvgIpc) is 2.60. The first-order valence-corrected chi connectivity index (χ1v) is 8.36. The van der Waals surface area contributed by atoms with Gasteiger partial charge >= 0.3 is 11.6 Å². The minimum Gasteiger partial charge on any atom is -0.506 e. The number of nitrogens with one attached hydrogen (secondary N) is 1. The largest absolute Gasteiger partial charge is 0.506 e. The number of fused-ring (bicyclic) bond motifs is 1. The molecule has 1 aromatic carbocycles. The normalized spacial score (nSPS) is 10.7. The lowest BCUT2D eigenvalue weighted by atomic mass is 10.1. The molecule has 0 atom stereocenters. The van der Waals surface area contributed by atoms with Crippen LogP contribution in [-0.4, -0.2) is 35.2 Å². The zero-order chi connectivity index (χ0) is 19.1. The maximum absolute atomic E-state index is 12.0. The van der Waals surface area contributed by atoms with Crippen molar-refractivity contribution in [3.05, 3.63) is 34.2 Å². The van der Waals surface area contributed by atoms with E-state index in [1.165, 1.54) is 12.1 Å². The Morgan fingerprint density at radius 1 is 1.23 bits per heavy atom. The molecule has 0 unspecified atom stereocenters. The number of carboxylic acid groups (broad SMARTS) is 1. The molecule has 0 fully saturated rings. The first-order chi connectivity index (χ1) is 12.4. The van der Waals surface area contributed by atoms with Crippen LogP contribution < -0.4 is 15.7 Å². The van der Waals surface area contributed by atoms with Crippen molar-refractivity contribution in [1.82, 2.24) is 5.32 Å². The van der Waals surface area contributed by atoms with Crippen LogP contribution in [0.5, 0.6) is 11.5 Å². The summed E-state index contributed by atoms with van der Waals surface area (Å²) >= 11 is 0. The van der Waals surface area contributed by atoms with Gasteiger partial charge in [-0.25, -0.2) is 4.79 Å². The van der Waals surface area contributed by atoms with Crippen molar-refractivity contribution in [2.24, 2.45) is 0 Å². The summed E-state index contributed by atoms with van der Waals surface area (Å²) in [5, 5.41) is 21.1. The van der Waals surface area contributed by atoms with E-state index < -0.39 is 35.4 Å². The highest BCUT2D eigenvalue weighted by molar-refractivity contribution is 6.02. The Morgan fingerprint density at radius 3 is 2.69 bits per heavy atom. The monoisotopic (exact) mass is 363 g/mol. The molecule has 1 heterocycles. The van der Waals surface area contributed by atoms with Gasteiger partial charge in [0.15, 0.2) is 5.56 Å². The molecule has 3 N–H and O–H groups in total. The van der Waals surface area contributed by atoms with Gasteiger partial charge in [0.05, 0.1) is 12.0 Å². The number of carbonyl (C=O) groups is 2. The van der Waals surface area contributed by atoms with E-state index in [4.69, 9.17) is 14.3 Å². The van der Waals surface area contributed by atoms with Crippen LogP contribution in [0.15, 0.2) is 27.4 Å². The van der Waals surface area contributed by atoms with Gasteiger partial charge in [-0.15, -0.1) is 0 Å². The summed E-state index contributed by atoms with van der Waals surface area (Å²) in [4.78, 5) is 34.4. The highest BCUT2D eigenvalue weighted by Crippen LogP contribution is 2.29. The van der Waals surface area contributed by atoms with Crippen molar-refractivity contribution >= 4 is 22.8 Å². The maximum Gasteiger partial charge on any atom is 0.353 e. The summed E-state index contributed by atoms with van der Waals surface area (Å²) in [6, 6.07) is 4.55. The summed E-state index contributed by atoms with van der Waals surface area (Å²) in [7, 11) is 0. The van der Waals surface area contributed by atoms with Gasteiger partial charge < -0.3 is 24.7 Å². The van der Waals surface area contributed by atoms with Gasteiger partial charge in [-0.1, -0.05) is 26.2 Å². The quantitative estimate of drug-likeness (QED) is 0.461. The molecule has 0 aliphatic carbocycles. The lowest BCUT2D eigenvalue weighted by Gasteiger charge is -2.09. The number of ether oxygens (including phenoxy) is 1. The Labute approximate surface area is 149 Å². The van der Waals surface area contributed by atoms with Gasteiger partial charge in [-0.05, 0) is 24.6 Å². The molecule has 0 saturated heterocycles. The summed E-state index contributed by atoms with van der Waals surface area (Å²) in [6.07, 6.45) is 4.19. The number of benzene rings is 1. The van der Waals surface area contributed by atoms with Crippen LogP contribution in [0.4, 0.5) is 0 Å². The van der Waals surface area contributed by atoms with Crippen LogP contribution in [0.1, 0.15) is 43.0 Å². The molecule has 1 aromatic heterocycles. The average molecular weight is 363 g/mol. The van der Waals surface area contributed by atoms with Crippen LogP contribution in [-0.2, 0) is 4.79 Å². The zero-order valence-corrected chi connectivity index (χ0v) is 14.4. The number of aliphatic carboxylic acids is 1. The van der Waals surface area contributed by atoms with Crippen molar-refractivity contribution < 1.29 is 29.0 Å². The van der Waals surface area contributed by atoms with Crippen molar-refractivity contribution in [2.45, 2.75) is 32.6 Å². The molecule has 26 heavy (non-hydrogen) atoms. The van der Waals surface area contributed by atoms with Gasteiger partial charge in [0.2, 0.25) is 0 Å². The van der Waals surface area contributed by atoms with Gasteiger partial charge in [0.1, 0.15) is 23.6 Å². The van der Waals surface area contributed by atoms with E-state index in [0.717, 1.165) is 25.7 Å². The van der Waals surface area contributed by atoms with Crippen molar-refractivity contribution in [3.63, 3.8) is 0 Å². The van der Waals surface area contributed by atoms with Crippen molar-refractivity contribution in [1.29, 1.82) is 0 Å². The number of hydrogen-bond acceptors (Lipinski definition) is 6. The van der Waals surface area contributed by atoms with E-state index in [0.29, 0.717) is 12.4 Å². The highest BCUT2D eigenvalue weighted by atomic mass is 16.5. The lowest BCUT2D eigenvalue weighted by Crippen LogP contribution is -2.32. The number of unbranched alkanes of at least 4 members (excludes halogenated alkanes) is 3. The fourth-order valence-corrected chi connectivity index (χ4v) is 2.42. The minimum absolute atomic E-state index is 0.0978. The fraction of sp³-hybridized carbons (Fsp3) is 0.389. The predicted molar refractivity (Wildman–Crippen MR) is 93.8 cm³/mol. The van der Waals surface area contributed by atoms with Crippen LogP contribution in [0, 0.1) is 0 Å². The Balaban J connectivity index is 2.25. The van der Waals surface area contributed by atoms with Crippen LogP contribution in [0.25, 0.3) is 11.0 Å². The van der Waals surface area contributed by atoms with Gasteiger partial charge in [-0.3, -0.25) is 9.59 Å². The number of carboxylic acids is 1. The van der Waals surface area contributed by atoms with Gasteiger partial charge in [0, 0.05) is 0 Å². The Kier molecular flexibility index (Phi) is 6.60. The number of carbonyl (C=O) groups excluding carboxylic acids is 1. The molecular weight excluding hydrogens is 342 g/mol.